The van der Waals surface area contributed by atoms with Gasteiger partial charge in [0.25, 0.3) is 5.91 Å². The number of nitrogens with one attached hydrogen (secondary N) is 1. The quantitative estimate of drug-likeness (QED) is 0.586. The fourth-order valence-corrected chi connectivity index (χ4v) is 3.80. The van der Waals surface area contributed by atoms with Crippen LogP contribution in [0.15, 0.2) is 70.6 Å². The van der Waals surface area contributed by atoms with Gasteiger partial charge >= 0.3 is 0 Å². The Hall–Kier alpha value is -3.15. The molecule has 0 aliphatic carbocycles. The molecule has 0 atom stereocenters. The van der Waals surface area contributed by atoms with Crippen molar-refractivity contribution < 1.29 is 21.6 Å². The van der Waals surface area contributed by atoms with Crippen LogP contribution in [0, 0.1) is 0 Å². The lowest BCUT2D eigenvalue weighted by Gasteiger charge is -2.08. The number of nitrogens with zero attached hydrogens (tertiary/aromatic N) is 2. The molecule has 3 N–H and O–H groups in total. The predicted octanol–water partition coefficient (Wildman–Crippen LogP) is 1.84. The Labute approximate surface area is 173 Å². The molecule has 1 heterocycles. The fourth-order valence-electron chi connectivity index (χ4n) is 2.54. The summed E-state index contributed by atoms with van der Waals surface area (Å²) >= 11 is 0. The highest BCUT2D eigenvalue weighted by Gasteiger charge is 2.15. The number of amides is 1. The van der Waals surface area contributed by atoms with Crippen molar-refractivity contribution in [2.24, 2.45) is 5.14 Å². The van der Waals surface area contributed by atoms with Gasteiger partial charge in [0.2, 0.25) is 10.0 Å². The Morgan fingerprint density at radius 2 is 1.67 bits per heavy atom. The van der Waals surface area contributed by atoms with E-state index >= 15 is 0 Å². The summed E-state index contributed by atoms with van der Waals surface area (Å²) in [6.07, 6.45) is 0. The molecule has 11 heteroatoms. The average molecular weight is 447 g/mol. The molecular formula is C19H18N4O5S2. The summed E-state index contributed by atoms with van der Waals surface area (Å²) in [6, 6.07) is 14.9. The molecule has 0 radical (unpaired) electrons. The Kier molecular flexibility index (Phi) is 5.97. The first-order valence-corrected chi connectivity index (χ1v) is 11.9. The SMILES string of the molecule is CCS(=O)(=O)c1ccc(-c2cccc(NC(=O)c3ccc(S(N)(=O)=O)cc3)c2)nn1. The highest BCUT2D eigenvalue weighted by molar-refractivity contribution is 7.91. The van der Waals surface area contributed by atoms with E-state index in [4.69, 9.17) is 5.14 Å². The number of carbonyl (C=O) groups is 1. The van der Waals surface area contributed by atoms with Crippen molar-refractivity contribution in [3.63, 3.8) is 0 Å². The minimum Gasteiger partial charge on any atom is -0.322 e. The average Bonchev–Trinajstić information content (AvgIpc) is 2.73. The van der Waals surface area contributed by atoms with Crippen molar-refractivity contribution in [3.8, 4) is 11.3 Å². The molecule has 0 spiro atoms. The zero-order valence-corrected chi connectivity index (χ0v) is 17.4. The lowest BCUT2D eigenvalue weighted by molar-refractivity contribution is 0.102. The molecular weight excluding hydrogens is 428 g/mol. The number of sulfonamides is 1. The summed E-state index contributed by atoms with van der Waals surface area (Å²) in [5.74, 6) is -0.510. The molecule has 156 valence electrons. The van der Waals surface area contributed by atoms with E-state index in [-0.39, 0.29) is 21.2 Å². The normalized spacial score (nSPS) is 11.8. The number of hydrogen-bond donors (Lipinski definition) is 2. The molecule has 1 amide bonds. The monoisotopic (exact) mass is 446 g/mol. The lowest BCUT2D eigenvalue weighted by atomic mass is 10.1. The summed E-state index contributed by atoms with van der Waals surface area (Å²) < 4.78 is 46.3. The van der Waals surface area contributed by atoms with Gasteiger partial charge in [0, 0.05) is 16.8 Å². The third-order valence-corrected chi connectivity index (χ3v) is 6.74. The molecule has 3 aromatic rings. The number of anilines is 1. The number of hydrogen-bond acceptors (Lipinski definition) is 7. The van der Waals surface area contributed by atoms with Crippen molar-refractivity contribution in [1.29, 1.82) is 0 Å². The molecule has 0 bridgehead atoms. The van der Waals surface area contributed by atoms with Gasteiger partial charge in [-0.15, -0.1) is 10.2 Å². The van der Waals surface area contributed by atoms with Crippen LogP contribution >= 0.6 is 0 Å². The van der Waals surface area contributed by atoms with Crippen LogP contribution in [0.1, 0.15) is 17.3 Å². The maximum atomic E-state index is 12.4. The van der Waals surface area contributed by atoms with Gasteiger partial charge < -0.3 is 5.32 Å². The van der Waals surface area contributed by atoms with Crippen molar-refractivity contribution in [2.75, 3.05) is 11.1 Å². The zero-order valence-electron chi connectivity index (χ0n) is 15.8. The molecule has 3 rings (SSSR count). The second-order valence-electron chi connectivity index (χ2n) is 6.26. The van der Waals surface area contributed by atoms with Crippen molar-refractivity contribution in [3.05, 3.63) is 66.2 Å². The summed E-state index contributed by atoms with van der Waals surface area (Å²) in [6.45, 7) is 1.53. The third-order valence-electron chi connectivity index (χ3n) is 4.20. The minimum absolute atomic E-state index is 0.0687. The lowest BCUT2D eigenvalue weighted by Crippen LogP contribution is -2.14. The zero-order chi connectivity index (χ0) is 21.9. The molecule has 2 aromatic carbocycles. The molecule has 30 heavy (non-hydrogen) atoms. The summed E-state index contributed by atoms with van der Waals surface area (Å²) in [4.78, 5) is 12.3. The second kappa shape index (κ2) is 8.30. The van der Waals surface area contributed by atoms with E-state index in [1.165, 1.54) is 37.3 Å². The van der Waals surface area contributed by atoms with E-state index in [0.29, 0.717) is 16.9 Å². The van der Waals surface area contributed by atoms with E-state index in [9.17, 15) is 21.6 Å². The van der Waals surface area contributed by atoms with E-state index in [0.717, 1.165) is 0 Å². The molecule has 0 unspecified atom stereocenters. The van der Waals surface area contributed by atoms with Gasteiger partial charge in [0.15, 0.2) is 14.9 Å². The standard InChI is InChI=1S/C19H18N4O5S2/c1-2-29(25,26)18-11-10-17(22-23-18)14-4-3-5-15(12-14)21-19(24)13-6-8-16(9-7-13)30(20,27)28/h3-12H,2H2,1H3,(H,21,24)(H2,20,27,28). The minimum atomic E-state index is -3.84. The molecule has 1 aromatic heterocycles. The van der Waals surface area contributed by atoms with Crippen LogP contribution in [0.5, 0.6) is 0 Å². The van der Waals surface area contributed by atoms with Crippen LogP contribution in [0.25, 0.3) is 11.3 Å². The first kappa shape index (κ1) is 21.6. The third kappa shape index (κ3) is 4.87. The number of primary sulfonamides is 1. The maximum absolute atomic E-state index is 12.4. The molecule has 0 saturated heterocycles. The van der Waals surface area contributed by atoms with Crippen molar-refractivity contribution in [1.82, 2.24) is 10.2 Å². The first-order chi connectivity index (χ1) is 14.1. The molecule has 0 saturated carbocycles. The summed E-state index contributed by atoms with van der Waals surface area (Å²) in [5.41, 5.74) is 1.80. The number of benzene rings is 2. The topological polar surface area (TPSA) is 149 Å². The number of rotatable bonds is 6. The highest BCUT2D eigenvalue weighted by Crippen LogP contribution is 2.22. The number of sulfone groups is 1. The summed E-state index contributed by atoms with van der Waals surface area (Å²) in [5, 5.41) is 15.4. The van der Waals surface area contributed by atoms with Gasteiger partial charge in [-0.05, 0) is 48.5 Å². The van der Waals surface area contributed by atoms with Crippen LogP contribution in [0.4, 0.5) is 5.69 Å². The van der Waals surface area contributed by atoms with Crippen LogP contribution in [-0.2, 0) is 19.9 Å². The van der Waals surface area contributed by atoms with Gasteiger partial charge in [0.05, 0.1) is 16.3 Å². The molecule has 9 nitrogen and oxygen atoms in total. The van der Waals surface area contributed by atoms with E-state index in [1.54, 1.807) is 30.3 Å². The van der Waals surface area contributed by atoms with Crippen molar-refractivity contribution >= 4 is 31.5 Å². The first-order valence-electron chi connectivity index (χ1n) is 8.71. The van der Waals surface area contributed by atoms with Gasteiger partial charge in [-0.1, -0.05) is 19.1 Å². The largest absolute Gasteiger partial charge is 0.322 e. The maximum Gasteiger partial charge on any atom is 0.255 e. The molecule has 0 fully saturated rings. The van der Waals surface area contributed by atoms with Crippen LogP contribution in [0.3, 0.4) is 0 Å². The molecule has 0 aliphatic heterocycles. The van der Waals surface area contributed by atoms with Crippen LogP contribution in [0.2, 0.25) is 0 Å². The van der Waals surface area contributed by atoms with Crippen LogP contribution in [-0.4, -0.2) is 38.7 Å². The van der Waals surface area contributed by atoms with E-state index in [1.807, 2.05) is 0 Å². The van der Waals surface area contributed by atoms with Crippen molar-refractivity contribution in [2.45, 2.75) is 16.8 Å². The Morgan fingerprint density at radius 3 is 2.23 bits per heavy atom. The Bertz CT molecular complexity index is 1290. The van der Waals surface area contributed by atoms with Gasteiger partial charge in [-0.3, -0.25) is 4.79 Å². The van der Waals surface area contributed by atoms with E-state index in [2.05, 4.69) is 15.5 Å². The molecule has 0 aliphatic rings. The fraction of sp³-hybridized carbons (Fsp3) is 0.105. The number of aromatic nitrogens is 2. The Morgan fingerprint density at radius 1 is 0.967 bits per heavy atom. The highest BCUT2D eigenvalue weighted by atomic mass is 32.2. The van der Waals surface area contributed by atoms with Gasteiger partial charge in [-0.25, -0.2) is 22.0 Å². The van der Waals surface area contributed by atoms with Crippen LogP contribution < -0.4 is 10.5 Å². The second-order valence-corrected chi connectivity index (χ2v) is 10.1. The number of carbonyl (C=O) groups excluding carboxylic acids is 1. The number of nitrogens with two attached hydrogens (primary N) is 1. The predicted molar refractivity (Wildman–Crippen MR) is 111 cm³/mol. The van der Waals surface area contributed by atoms with Gasteiger partial charge in [0.1, 0.15) is 0 Å². The summed E-state index contributed by atoms with van der Waals surface area (Å²) in [7, 11) is -7.28. The smallest absolute Gasteiger partial charge is 0.255 e. The Balaban J connectivity index is 1.79. The van der Waals surface area contributed by atoms with Gasteiger partial charge in [-0.2, -0.15) is 0 Å². The van der Waals surface area contributed by atoms with E-state index < -0.39 is 25.8 Å².